The monoisotopic (exact) mass is 381 g/mol. The van der Waals surface area contributed by atoms with Crippen LogP contribution in [0.5, 0.6) is 0 Å². The van der Waals surface area contributed by atoms with Crippen LogP contribution in [0.4, 0.5) is 4.79 Å². The lowest BCUT2D eigenvalue weighted by Gasteiger charge is -2.27. The van der Waals surface area contributed by atoms with Gasteiger partial charge in [-0.2, -0.15) is 0 Å². The molecule has 5 nitrogen and oxygen atoms in total. The van der Waals surface area contributed by atoms with Crippen molar-refractivity contribution in [3.8, 4) is 0 Å². The number of rotatable bonds is 15. The zero-order valence-corrected chi connectivity index (χ0v) is 17.2. The first-order chi connectivity index (χ1) is 13.1. The van der Waals surface area contributed by atoms with E-state index in [9.17, 15) is 9.59 Å². The summed E-state index contributed by atoms with van der Waals surface area (Å²) in [6, 6.07) is 0. The van der Waals surface area contributed by atoms with Crippen LogP contribution in [-0.2, 0) is 14.3 Å². The molecule has 1 saturated carbocycles. The SMILES string of the molecule is C=CCCOC(=O)NC1(C(=O)OCCCCCCCCCCC)CCCC1. The third-order valence-electron chi connectivity index (χ3n) is 5.23. The average Bonchev–Trinajstić information content (AvgIpc) is 3.13. The molecule has 0 aromatic heterocycles. The Labute approximate surface area is 165 Å². The summed E-state index contributed by atoms with van der Waals surface area (Å²) in [5.41, 5.74) is -0.898. The average molecular weight is 382 g/mol. The maximum atomic E-state index is 12.6. The second-order valence-electron chi connectivity index (χ2n) is 7.59. The molecule has 0 aliphatic heterocycles. The summed E-state index contributed by atoms with van der Waals surface area (Å²) in [7, 11) is 0. The molecule has 0 aromatic carbocycles. The Morgan fingerprint density at radius 1 is 0.926 bits per heavy atom. The highest BCUT2D eigenvalue weighted by Crippen LogP contribution is 2.31. The highest BCUT2D eigenvalue weighted by molar-refractivity contribution is 5.86. The fourth-order valence-corrected chi connectivity index (χ4v) is 3.54. The van der Waals surface area contributed by atoms with Gasteiger partial charge in [0.2, 0.25) is 0 Å². The minimum absolute atomic E-state index is 0.277. The number of amides is 1. The van der Waals surface area contributed by atoms with E-state index in [1.807, 2.05) is 0 Å². The molecule has 0 heterocycles. The van der Waals surface area contributed by atoms with Crippen molar-refractivity contribution < 1.29 is 19.1 Å². The highest BCUT2D eigenvalue weighted by Gasteiger charge is 2.44. The molecule has 0 atom stereocenters. The van der Waals surface area contributed by atoms with E-state index in [1.54, 1.807) is 6.08 Å². The fraction of sp³-hybridized carbons (Fsp3) is 0.818. The Kier molecular flexibility index (Phi) is 12.7. The summed E-state index contributed by atoms with van der Waals surface area (Å²) in [4.78, 5) is 24.5. The Morgan fingerprint density at radius 3 is 2.11 bits per heavy atom. The molecule has 27 heavy (non-hydrogen) atoms. The largest absolute Gasteiger partial charge is 0.464 e. The maximum Gasteiger partial charge on any atom is 0.408 e. The van der Waals surface area contributed by atoms with Gasteiger partial charge in [0.15, 0.2) is 0 Å². The highest BCUT2D eigenvalue weighted by atomic mass is 16.6. The van der Waals surface area contributed by atoms with Crippen molar-refractivity contribution in [3.05, 3.63) is 12.7 Å². The van der Waals surface area contributed by atoms with Crippen molar-refractivity contribution in [3.63, 3.8) is 0 Å². The minimum atomic E-state index is -0.898. The molecular weight excluding hydrogens is 342 g/mol. The van der Waals surface area contributed by atoms with Crippen LogP contribution in [0.15, 0.2) is 12.7 Å². The second-order valence-corrected chi connectivity index (χ2v) is 7.59. The molecule has 1 rings (SSSR count). The van der Waals surface area contributed by atoms with Crippen molar-refractivity contribution in [1.82, 2.24) is 5.32 Å². The predicted octanol–water partition coefficient (Wildman–Crippen LogP) is 5.68. The molecule has 1 N–H and O–H groups in total. The van der Waals surface area contributed by atoms with E-state index in [0.717, 1.165) is 25.7 Å². The van der Waals surface area contributed by atoms with E-state index in [0.29, 0.717) is 25.9 Å². The summed E-state index contributed by atoms with van der Waals surface area (Å²) >= 11 is 0. The lowest BCUT2D eigenvalue weighted by Crippen LogP contribution is -2.53. The molecule has 0 saturated heterocycles. The molecule has 1 aliphatic carbocycles. The van der Waals surface area contributed by atoms with Gasteiger partial charge in [0.1, 0.15) is 5.54 Å². The van der Waals surface area contributed by atoms with Crippen LogP contribution in [0.3, 0.4) is 0 Å². The van der Waals surface area contributed by atoms with Crippen LogP contribution in [0.1, 0.15) is 96.8 Å². The number of carbonyl (C=O) groups is 2. The standard InChI is InChI=1S/C22H39NO4/c1-3-5-7-8-9-10-11-12-15-19-26-20(24)22(16-13-14-17-22)23-21(25)27-18-6-4-2/h4H,2-3,5-19H2,1H3,(H,23,25). The first-order valence-corrected chi connectivity index (χ1v) is 10.9. The van der Waals surface area contributed by atoms with E-state index in [-0.39, 0.29) is 12.6 Å². The Hall–Kier alpha value is -1.52. The van der Waals surface area contributed by atoms with E-state index in [1.165, 1.54) is 44.9 Å². The van der Waals surface area contributed by atoms with E-state index < -0.39 is 11.6 Å². The number of alkyl carbamates (subject to hydrolysis) is 1. The summed E-state index contributed by atoms with van der Waals surface area (Å²) < 4.78 is 10.6. The Balaban J connectivity index is 2.19. The van der Waals surface area contributed by atoms with Crippen molar-refractivity contribution in [1.29, 1.82) is 0 Å². The molecule has 1 aliphatic rings. The molecule has 0 radical (unpaired) electrons. The van der Waals surface area contributed by atoms with Crippen LogP contribution >= 0.6 is 0 Å². The molecule has 0 unspecified atom stereocenters. The third-order valence-corrected chi connectivity index (χ3v) is 5.23. The van der Waals surface area contributed by atoms with Crippen LogP contribution in [0.25, 0.3) is 0 Å². The van der Waals surface area contributed by atoms with Crippen LogP contribution < -0.4 is 5.32 Å². The zero-order chi connectivity index (χ0) is 19.8. The summed E-state index contributed by atoms with van der Waals surface area (Å²) in [6.45, 7) is 6.54. The quantitative estimate of drug-likeness (QED) is 0.225. The maximum absolute atomic E-state index is 12.6. The van der Waals surface area contributed by atoms with E-state index in [2.05, 4.69) is 18.8 Å². The van der Waals surface area contributed by atoms with Gasteiger partial charge in [0.05, 0.1) is 13.2 Å². The molecule has 1 fully saturated rings. The zero-order valence-electron chi connectivity index (χ0n) is 17.2. The van der Waals surface area contributed by atoms with E-state index >= 15 is 0 Å². The first-order valence-electron chi connectivity index (χ1n) is 10.9. The molecule has 0 bridgehead atoms. The Morgan fingerprint density at radius 2 is 1.52 bits per heavy atom. The Bertz CT molecular complexity index is 430. The lowest BCUT2D eigenvalue weighted by atomic mass is 9.98. The van der Waals surface area contributed by atoms with Crippen LogP contribution in [0.2, 0.25) is 0 Å². The number of ether oxygens (including phenoxy) is 2. The lowest BCUT2D eigenvalue weighted by molar-refractivity contribution is -0.151. The van der Waals surface area contributed by atoms with Crippen molar-refractivity contribution in [2.45, 2.75) is 102 Å². The van der Waals surface area contributed by atoms with Crippen molar-refractivity contribution in [2.24, 2.45) is 0 Å². The minimum Gasteiger partial charge on any atom is -0.464 e. The molecule has 156 valence electrons. The third kappa shape index (κ3) is 9.83. The van der Waals surface area contributed by atoms with Gasteiger partial charge in [-0.3, -0.25) is 0 Å². The summed E-state index contributed by atoms with van der Waals surface area (Å²) in [5.74, 6) is -0.305. The number of carbonyl (C=O) groups excluding carboxylic acids is 2. The van der Waals surface area contributed by atoms with Crippen molar-refractivity contribution >= 4 is 12.1 Å². The van der Waals surface area contributed by atoms with Gasteiger partial charge in [-0.25, -0.2) is 9.59 Å². The van der Waals surface area contributed by atoms with Crippen LogP contribution in [-0.4, -0.2) is 30.8 Å². The first kappa shape index (κ1) is 23.5. The molecule has 0 aromatic rings. The number of esters is 1. The number of hydrogen-bond acceptors (Lipinski definition) is 4. The van der Waals surface area contributed by atoms with E-state index in [4.69, 9.17) is 9.47 Å². The van der Waals surface area contributed by atoms with Gasteiger partial charge in [-0.05, 0) is 25.7 Å². The van der Waals surface area contributed by atoms with Crippen molar-refractivity contribution in [2.75, 3.05) is 13.2 Å². The van der Waals surface area contributed by atoms with Gasteiger partial charge >= 0.3 is 12.1 Å². The summed E-state index contributed by atoms with van der Waals surface area (Å²) in [5, 5.41) is 2.77. The van der Waals surface area contributed by atoms with Gasteiger partial charge in [-0.15, -0.1) is 6.58 Å². The van der Waals surface area contributed by atoms with Gasteiger partial charge < -0.3 is 14.8 Å². The van der Waals surface area contributed by atoms with Gasteiger partial charge in [0, 0.05) is 0 Å². The van der Waals surface area contributed by atoms with Gasteiger partial charge in [0.25, 0.3) is 0 Å². The van der Waals surface area contributed by atoms with Gasteiger partial charge in [-0.1, -0.05) is 77.2 Å². The topological polar surface area (TPSA) is 64.6 Å². The molecule has 1 amide bonds. The molecule has 5 heteroatoms. The second kappa shape index (κ2) is 14.5. The van der Waals surface area contributed by atoms with Crippen LogP contribution in [0, 0.1) is 0 Å². The summed E-state index contributed by atoms with van der Waals surface area (Å²) in [6.07, 6.45) is 15.9. The number of nitrogens with one attached hydrogen (secondary N) is 1. The predicted molar refractivity (Wildman–Crippen MR) is 109 cm³/mol. The molecular formula is C22H39NO4. The fourth-order valence-electron chi connectivity index (χ4n) is 3.54. The molecule has 0 spiro atoms. The smallest absolute Gasteiger partial charge is 0.408 e. The normalized spacial score (nSPS) is 15.3. The number of unbranched alkanes of at least 4 members (excludes halogenated alkanes) is 8. The number of hydrogen-bond donors (Lipinski definition) is 1.